The molecule has 0 amide bonds. The fraction of sp³-hybridized carbons (Fsp3) is 0.400. The molecule has 1 rings (SSSR count). The monoisotopic (exact) mass is 202 g/mol. The Balaban J connectivity index is 2.32. The first kappa shape index (κ1) is 10.3. The summed E-state index contributed by atoms with van der Waals surface area (Å²) in [5, 5.41) is 0. The zero-order chi connectivity index (χ0) is 9.52. The summed E-state index contributed by atoms with van der Waals surface area (Å²) in [4.78, 5) is 0. The fourth-order valence-electron chi connectivity index (χ4n) is 0.940. The van der Waals surface area contributed by atoms with Crippen LogP contribution in [-0.2, 0) is 0 Å². The Morgan fingerprint density at radius 3 is 2.69 bits per heavy atom. The first-order chi connectivity index (χ1) is 6.34. The molecule has 0 heterocycles. The molecular formula is C10H12ClFO. The van der Waals surface area contributed by atoms with E-state index in [9.17, 15) is 4.39 Å². The second kappa shape index (κ2) is 5.81. The lowest BCUT2D eigenvalue weighted by Gasteiger charge is -2.05. The number of alkyl halides is 1. The quantitative estimate of drug-likeness (QED) is 0.526. The maximum atomic E-state index is 12.9. The van der Waals surface area contributed by atoms with E-state index in [0.717, 1.165) is 12.8 Å². The molecule has 0 bridgehead atoms. The van der Waals surface area contributed by atoms with E-state index in [1.165, 1.54) is 6.07 Å². The van der Waals surface area contributed by atoms with E-state index in [4.69, 9.17) is 16.3 Å². The average Bonchev–Trinajstić information content (AvgIpc) is 2.15. The lowest BCUT2D eigenvalue weighted by Crippen LogP contribution is -1.99. The van der Waals surface area contributed by atoms with Crippen molar-refractivity contribution >= 4 is 11.6 Å². The summed E-state index contributed by atoms with van der Waals surface area (Å²) in [7, 11) is 0. The molecule has 0 atom stereocenters. The van der Waals surface area contributed by atoms with Gasteiger partial charge in [-0.1, -0.05) is 12.1 Å². The van der Waals surface area contributed by atoms with E-state index in [0.29, 0.717) is 18.2 Å². The summed E-state index contributed by atoms with van der Waals surface area (Å²) in [5.74, 6) is 0.631. The van der Waals surface area contributed by atoms with Gasteiger partial charge in [-0.3, -0.25) is 0 Å². The number of para-hydroxylation sites is 1. The van der Waals surface area contributed by atoms with Gasteiger partial charge in [-0.2, -0.15) is 0 Å². The molecule has 0 N–H and O–H groups in total. The van der Waals surface area contributed by atoms with Gasteiger partial charge in [-0.05, 0) is 25.0 Å². The van der Waals surface area contributed by atoms with Crippen LogP contribution in [0.4, 0.5) is 4.39 Å². The standard InChI is InChI=1S/C10H12ClFO/c11-7-3-4-8-13-10-6-2-1-5-9(10)12/h1-2,5-6H,3-4,7-8H2. The SMILES string of the molecule is Fc1ccccc1OCCCCCl. The summed E-state index contributed by atoms with van der Waals surface area (Å²) < 4.78 is 18.2. The van der Waals surface area contributed by atoms with Crippen LogP contribution < -0.4 is 4.74 Å². The molecule has 0 saturated heterocycles. The van der Waals surface area contributed by atoms with E-state index >= 15 is 0 Å². The number of halogens is 2. The molecule has 72 valence electrons. The predicted octanol–water partition coefficient (Wildman–Crippen LogP) is 3.22. The van der Waals surface area contributed by atoms with Crippen LogP contribution in [0.3, 0.4) is 0 Å². The summed E-state index contributed by atoms with van der Waals surface area (Å²) in [6.45, 7) is 0.521. The Kier molecular flexibility index (Phi) is 4.61. The van der Waals surface area contributed by atoms with Gasteiger partial charge in [0, 0.05) is 5.88 Å². The minimum Gasteiger partial charge on any atom is -0.491 e. The molecule has 1 aromatic carbocycles. The van der Waals surface area contributed by atoms with Crippen LogP contribution in [0.5, 0.6) is 5.75 Å². The van der Waals surface area contributed by atoms with Crippen molar-refractivity contribution in [1.29, 1.82) is 0 Å². The summed E-state index contributed by atoms with van der Waals surface area (Å²) in [6.07, 6.45) is 1.76. The molecule has 0 aliphatic carbocycles. The van der Waals surface area contributed by atoms with Crippen LogP contribution in [-0.4, -0.2) is 12.5 Å². The van der Waals surface area contributed by atoms with Crippen LogP contribution in [0.25, 0.3) is 0 Å². The van der Waals surface area contributed by atoms with Crippen LogP contribution in [0.1, 0.15) is 12.8 Å². The Bertz CT molecular complexity index is 252. The van der Waals surface area contributed by atoms with Gasteiger partial charge in [-0.15, -0.1) is 11.6 Å². The molecule has 0 aliphatic heterocycles. The van der Waals surface area contributed by atoms with Crippen molar-refractivity contribution in [3.05, 3.63) is 30.1 Å². The number of unbranched alkanes of at least 4 members (excludes halogenated alkanes) is 1. The van der Waals surface area contributed by atoms with Crippen molar-refractivity contribution in [2.24, 2.45) is 0 Å². The van der Waals surface area contributed by atoms with Gasteiger partial charge < -0.3 is 4.74 Å². The van der Waals surface area contributed by atoms with E-state index in [1.807, 2.05) is 0 Å². The van der Waals surface area contributed by atoms with Crippen molar-refractivity contribution in [3.8, 4) is 5.75 Å². The summed E-state index contributed by atoms with van der Waals surface area (Å²) in [5.41, 5.74) is 0. The summed E-state index contributed by atoms with van der Waals surface area (Å²) >= 11 is 5.48. The Morgan fingerprint density at radius 1 is 1.23 bits per heavy atom. The van der Waals surface area contributed by atoms with Crippen LogP contribution in [0.15, 0.2) is 24.3 Å². The number of ether oxygens (including phenoxy) is 1. The molecule has 0 saturated carbocycles. The first-order valence-corrected chi connectivity index (χ1v) is 4.81. The van der Waals surface area contributed by atoms with Gasteiger partial charge in [-0.25, -0.2) is 4.39 Å². The number of benzene rings is 1. The van der Waals surface area contributed by atoms with Crippen molar-refractivity contribution in [2.45, 2.75) is 12.8 Å². The normalized spacial score (nSPS) is 10.0. The van der Waals surface area contributed by atoms with Crippen LogP contribution in [0, 0.1) is 5.82 Å². The molecule has 0 aromatic heterocycles. The molecular weight excluding hydrogens is 191 g/mol. The third-order valence-corrected chi connectivity index (χ3v) is 1.89. The molecule has 1 aromatic rings. The van der Waals surface area contributed by atoms with Crippen molar-refractivity contribution in [3.63, 3.8) is 0 Å². The Morgan fingerprint density at radius 2 is 2.00 bits per heavy atom. The molecule has 0 aliphatic rings. The van der Waals surface area contributed by atoms with E-state index in [-0.39, 0.29) is 5.82 Å². The number of hydrogen-bond donors (Lipinski definition) is 0. The van der Waals surface area contributed by atoms with Crippen molar-refractivity contribution in [2.75, 3.05) is 12.5 Å². The highest BCUT2D eigenvalue weighted by Crippen LogP contribution is 2.15. The molecule has 0 spiro atoms. The average molecular weight is 203 g/mol. The van der Waals surface area contributed by atoms with Gasteiger partial charge in [0.1, 0.15) is 0 Å². The predicted molar refractivity (Wildman–Crippen MR) is 51.8 cm³/mol. The van der Waals surface area contributed by atoms with Gasteiger partial charge >= 0.3 is 0 Å². The van der Waals surface area contributed by atoms with Crippen LogP contribution >= 0.6 is 11.6 Å². The van der Waals surface area contributed by atoms with E-state index in [1.54, 1.807) is 18.2 Å². The second-order valence-electron chi connectivity index (χ2n) is 2.67. The maximum Gasteiger partial charge on any atom is 0.165 e. The minimum absolute atomic E-state index is 0.312. The van der Waals surface area contributed by atoms with Gasteiger partial charge in [0.15, 0.2) is 11.6 Å². The highest BCUT2D eigenvalue weighted by Gasteiger charge is 1.99. The largest absolute Gasteiger partial charge is 0.491 e. The van der Waals surface area contributed by atoms with E-state index in [2.05, 4.69) is 0 Å². The van der Waals surface area contributed by atoms with Crippen LogP contribution in [0.2, 0.25) is 0 Å². The molecule has 0 fully saturated rings. The molecule has 3 heteroatoms. The highest BCUT2D eigenvalue weighted by atomic mass is 35.5. The Labute approximate surface area is 82.5 Å². The van der Waals surface area contributed by atoms with E-state index < -0.39 is 0 Å². The van der Waals surface area contributed by atoms with Crippen molar-refractivity contribution < 1.29 is 9.13 Å². The third-order valence-electron chi connectivity index (χ3n) is 1.62. The van der Waals surface area contributed by atoms with Gasteiger partial charge in [0.05, 0.1) is 6.61 Å². The molecule has 0 radical (unpaired) electrons. The van der Waals surface area contributed by atoms with Crippen molar-refractivity contribution in [1.82, 2.24) is 0 Å². The van der Waals surface area contributed by atoms with Gasteiger partial charge in [0.2, 0.25) is 0 Å². The number of hydrogen-bond acceptors (Lipinski definition) is 1. The molecule has 13 heavy (non-hydrogen) atoms. The zero-order valence-electron chi connectivity index (χ0n) is 7.30. The zero-order valence-corrected chi connectivity index (χ0v) is 8.06. The fourth-order valence-corrected chi connectivity index (χ4v) is 1.13. The lowest BCUT2D eigenvalue weighted by molar-refractivity contribution is 0.294. The first-order valence-electron chi connectivity index (χ1n) is 4.28. The highest BCUT2D eigenvalue weighted by molar-refractivity contribution is 6.17. The smallest absolute Gasteiger partial charge is 0.165 e. The number of rotatable bonds is 5. The molecule has 1 nitrogen and oxygen atoms in total. The minimum atomic E-state index is -0.312. The lowest BCUT2D eigenvalue weighted by atomic mass is 10.3. The summed E-state index contributed by atoms with van der Waals surface area (Å²) in [6, 6.07) is 6.40. The Hall–Kier alpha value is -0.760. The molecule has 0 unspecified atom stereocenters. The van der Waals surface area contributed by atoms with Gasteiger partial charge in [0.25, 0.3) is 0 Å². The second-order valence-corrected chi connectivity index (χ2v) is 3.05. The third kappa shape index (κ3) is 3.64. The maximum absolute atomic E-state index is 12.9. The topological polar surface area (TPSA) is 9.23 Å².